The minimum atomic E-state index is -3.46. The SMILES string of the molecule is Cn1cc(S(=O)(=O)NCc2cc[nH]c2)cn1. The van der Waals surface area contributed by atoms with Crippen molar-refractivity contribution in [1.82, 2.24) is 19.5 Å². The van der Waals surface area contributed by atoms with E-state index in [-0.39, 0.29) is 11.4 Å². The van der Waals surface area contributed by atoms with Crippen LogP contribution in [0.1, 0.15) is 5.56 Å². The van der Waals surface area contributed by atoms with Crippen molar-refractivity contribution in [3.05, 3.63) is 36.4 Å². The lowest BCUT2D eigenvalue weighted by molar-refractivity contribution is 0.581. The maximum atomic E-state index is 11.8. The van der Waals surface area contributed by atoms with Crippen LogP contribution in [0, 0.1) is 0 Å². The molecule has 0 atom stereocenters. The Morgan fingerprint density at radius 2 is 2.38 bits per heavy atom. The van der Waals surface area contributed by atoms with Gasteiger partial charge < -0.3 is 4.98 Å². The second-order valence-corrected chi connectivity index (χ2v) is 5.16. The first-order valence-corrected chi connectivity index (χ1v) is 6.16. The highest BCUT2D eigenvalue weighted by atomic mass is 32.2. The highest BCUT2D eigenvalue weighted by Crippen LogP contribution is 2.07. The van der Waals surface area contributed by atoms with Crippen LogP contribution in [0.4, 0.5) is 0 Å². The van der Waals surface area contributed by atoms with Crippen molar-refractivity contribution < 1.29 is 8.42 Å². The van der Waals surface area contributed by atoms with Crippen molar-refractivity contribution in [3.8, 4) is 0 Å². The number of rotatable bonds is 4. The van der Waals surface area contributed by atoms with Crippen LogP contribution in [0.15, 0.2) is 35.7 Å². The van der Waals surface area contributed by atoms with Crippen LogP contribution in [0.5, 0.6) is 0 Å². The van der Waals surface area contributed by atoms with Crippen molar-refractivity contribution in [2.75, 3.05) is 0 Å². The first-order chi connectivity index (χ1) is 7.58. The third-order valence-corrected chi connectivity index (χ3v) is 3.48. The van der Waals surface area contributed by atoms with Crippen molar-refractivity contribution in [2.24, 2.45) is 7.05 Å². The molecule has 6 nitrogen and oxygen atoms in total. The van der Waals surface area contributed by atoms with Gasteiger partial charge in [-0.3, -0.25) is 4.68 Å². The van der Waals surface area contributed by atoms with Crippen LogP contribution in [-0.2, 0) is 23.6 Å². The molecule has 0 saturated carbocycles. The van der Waals surface area contributed by atoms with E-state index in [2.05, 4.69) is 14.8 Å². The molecule has 2 aromatic rings. The molecule has 2 heterocycles. The lowest BCUT2D eigenvalue weighted by Crippen LogP contribution is -2.22. The van der Waals surface area contributed by atoms with E-state index in [9.17, 15) is 8.42 Å². The number of H-pyrrole nitrogens is 1. The average Bonchev–Trinajstić information content (AvgIpc) is 2.85. The zero-order valence-electron chi connectivity index (χ0n) is 8.71. The molecule has 0 bridgehead atoms. The summed E-state index contributed by atoms with van der Waals surface area (Å²) in [5.41, 5.74) is 0.882. The Hall–Kier alpha value is -1.60. The lowest BCUT2D eigenvalue weighted by Gasteiger charge is -2.02. The Balaban J connectivity index is 2.09. The van der Waals surface area contributed by atoms with Gasteiger partial charge in [-0.05, 0) is 11.6 Å². The van der Waals surface area contributed by atoms with Gasteiger partial charge in [0, 0.05) is 32.2 Å². The van der Waals surface area contributed by atoms with E-state index in [0.29, 0.717) is 0 Å². The number of aromatic nitrogens is 3. The Bertz CT molecular complexity index is 556. The molecule has 0 aliphatic rings. The van der Waals surface area contributed by atoms with Crippen molar-refractivity contribution >= 4 is 10.0 Å². The first kappa shape index (κ1) is 10.9. The van der Waals surface area contributed by atoms with Crippen LogP contribution < -0.4 is 4.72 Å². The Kier molecular flexibility index (Phi) is 2.80. The fourth-order valence-electron chi connectivity index (χ4n) is 1.27. The van der Waals surface area contributed by atoms with Crippen molar-refractivity contribution in [3.63, 3.8) is 0 Å². The van der Waals surface area contributed by atoms with Crippen LogP contribution in [0.2, 0.25) is 0 Å². The van der Waals surface area contributed by atoms with Gasteiger partial charge in [0.05, 0.1) is 6.20 Å². The van der Waals surface area contributed by atoms with Gasteiger partial charge >= 0.3 is 0 Å². The van der Waals surface area contributed by atoms with E-state index in [0.717, 1.165) is 5.56 Å². The predicted molar refractivity (Wildman–Crippen MR) is 58.0 cm³/mol. The standard InChI is InChI=1S/C9H12N4O2S/c1-13-7-9(6-11-13)16(14,15)12-5-8-2-3-10-4-8/h2-4,6-7,10,12H,5H2,1H3. The summed E-state index contributed by atoms with van der Waals surface area (Å²) in [6.45, 7) is 0.265. The number of nitrogens with one attached hydrogen (secondary N) is 2. The van der Waals surface area contributed by atoms with E-state index < -0.39 is 10.0 Å². The molecule has 0 aromatic carbocycles. The van der Waals surface area contributed by atoms with Gasteiger partial charge in [0.15, 0.2) is 0 Å². The summed E-state index contributed by atoms with van der Waals surface area (Å²) < 4.78 is 27.5. The van der Waals surface area contributed by atoms with Crippen molar-refractivity contribution in [2.45, 2.75) is 11.4 Å². The summed E-state index contributed by atoms with van der Waals surface area (Å²) >= 11 is 0. The second-order valence-electron chi connectivity index (χ2n) is 3.39. The van der Waals surface area contributed by atoms with Gasteiger partial charge in [0.2, 0.25) is 10.0 Å². The minimum absolute atomic E-state index is 0.172. The third kappa shape index (κ3) is 2.31. The van der Waals surface area contributed by atoms with Crippen molar-refractivity contribution in [1.29, 1.82) is 0 Å². The quantitative estimate of drug-likeness (QED) is 0.802. The predicted octanol–water partition coefficient (Wildman–Crippen LogP) is 0.227. The number of hydrogen-bond acceptors (Lipinski definition) is 3. The fraction of sp³-hybridized carbons (Fsp3) is 0.222. The molecule has 86 valence electrons. The highest BCUT2D eigenvalue weighted by Gasteiger charge is 2.15. The third-order valence-electron chi connectivity index (χ3n) is 2.12. The maximum Gasteiger partial charge on any atom is 0.243 e. The monoisotopic (exact) mass is 240 g/mol. The molecule has 16 heavy (non-hydrogen) atoms. The van der Waals surface area contributed by atoms with Crippen LogP contribution in [0.3, 0.4) is 0 Å². The summed E-state index contributed by atoms with van der Waals surface area (Å²) in [4.78, 5) is 3.03. The van der Waals surface area contributed by atoms with E-state index >= 15 is 0 Å². The molecular formula is C9H12N4O2S. The van der Waals surface area contributed by atoms with Gasteiger partial charge in [0.1, 0.15) is 4.90 Å². The Labute approximate surface area is 93.3 Å². The molecule has 7 heteroatoms. The van der Waals surface area contributed by atoms with Gasteiger partial charge in [-0.2, -0.15) is 5.10 Å². The Morgan fingerprint density at radius 1 is 1.56 bits per heavy atom. The zero-order valence-corrected chi connectivity index (χ0v) is 9.53. The van der Waals surface area contributed by atoms with E-state index in [4.69, 9.17) is 0 Å². The number of hydrogen-bond donors (Lipinski definition) is 2. The summed E-state index contributed by atoms with van der Waals surface area (Å²) in [5.74, 6) is 0. The molecule has 2 rings (SSSR count). The molecule has 0 fully saturated rings. The second kappa shape index (κ2) is 4.11. The maximum absolute atomic E-state index is 11.8. The Morgan fingerprint density at radius 3 is 2.94 bits per heavy atom. The van der Waals surface area contributed by atoms with E-state index in [1.165, 1.54) is 17.1 Å². The molecular weight excluding hydrogens is 228 g/mol. The first-order valence-electron chi connectivity index (χ1n) is 4.68. The number of aryl methyl sites for hydroxylation is 1. The van der Waals surface area contributed by atoms with Crippen LogP contribution in [0.25, 0.3) is 0 Å². The topological polar surface area (TPSA) is 79.8 Å². The van der Waals surface area contributed by atoms with Crippen LogP contribution >= 0.6 is 0 Å². The minimum Gasteiger partial charge on any atom is -0.367 e. The molecule has 0 unspecified atom stereocenters. The fourth-order valence-corrected chi connectivity index (χ4v) is 2.27. The molecule has 0 amide bonds. The zero-order chi connectivity index (χ0) is 11.6. The molecule has 2 aromatic heterocycles. The molecule has 2 N–H and O–H groups in total. The summed E-state index contributed by atoms with van der Waals surface area (Å²) in [6.07, 6.45) is 6.26. The van der Waals surface area contributed by atoms with E-state index in [1.54, 1.807) is 19.4 Å². The van der Waals surface area contributed by atoms with Crippen LogP contribution in [-0.4, -0.2) is 23.2 Å². The summed E-state index contributed by atoms with van der Waals surface area (Å²) in [7, 11) is -1.79. The van der Waals surface area contributed by atoms with E-state index in [1.807, 2.05) is 6.07 Å². The lowest BCUT2D eigenvalue weighted by atomic mass is 10.4. The molecule has 0 aliphatic heterocycles. The normalized spacial score (nSPS) is 11.8. The van der Waals surface area contributed by atoms with Gasteiger partial charge in [-0.25, -0.2) is 13.1 Å². The molecule has 0 saturated heterocycles. The molecule has 0 radical (unpaired) electrons. The summed E-state index contributed by atoms with van der Waals surface area (Å²) in [5, 5.41) is 3.82. The summed E-state index contributed by atoms with van der Waals surface area (Å²) in [6, 6.07) is 1.81. The van der Waals surface area contributed by atoms with Gasteiger partial charge in [-0.1, -0.05) is 0 Å². The molecule has 0 aliphatic carbocycles. The smallest absolute Gasteiger partial charge is 0.243 e. The highest BCUT2D eigenvalue weighted by molar-refractivity contribution is 7.89. The number of nitrogens with zero attached hydrogens (tertiary/aromatic N) is 2. The largest absolute Gasteiger partial charge is 0.367 e. The molecule has 0 spiro atoms. The number of sulfonamides is 1. The van der Waals surface area contributed by atoms with Gasteiger partial charge in [0.25, 0.3) is 0 Å². The average molecular weight is 240 g/mol. The van der Waals surface area contributed by atoms with Gasteiger partial charge in [-0.15, -0.1) is 0 Å². The number of aromatic amines is 1.